The monoisotopic (exact) mass is 184 g/mol. The van der Waals surface area contributed by atoms with Crippen LogP contribution in [0.4, 0.5) is 4.39 Å². The Kier molecular flexibility index (Phi) is 4.74. The minimum atomic E-state index is -0.683. The molecule has 1 aromatic rings. The number of carbonyl (C=O) groups excluding carboxylic acids is 1. The number of Topliss-reactive ketones (excluding diaryl/α,β-unsaturated/α-hetero) is 1. The Morgan fingerprint density at radius 2 is 1.92 bits per heavy atom. The molecule has 0 bridgehead atoms. The fraction of sp³-hybridized carbons (Fsp3) is 0.300. The van der Waals surface area contributed by atoms with Crippen LogP contribution in [-0.4, -0.2) is 10.9 Å². The standard InChI is InChI=1S/C8H7FO2.C2H6/c1-5(10)7-3-2-6(11)4-8(7)9;1-2/h2-4,11H,1H3;1-2H3. The number of ketones is 1. The molecule has 1 N–H and O–H groups in total. The zero-order valence-corrected chi connectivity index (χ0v) is 7.97. The molecule has 0 fully saturated rings. The fourth-order valence-corrected chi connectivity index (χ4v) is 0.790. The summed E-state index contributed by atoms with van der Waals surface area (Å²) in [6.45, 7) is 5.27. The lowest BCUT2D eigenvalue weighted by Crippen LogP contribution is -1.95. The summed E-state index contributed by atoms with van der Waals surface area (Å²) in [5.74, 6) is -1.20. The number of halogens is 1. The lowest BCUT2D eigenvalue weighted by Gasteiger charge is -1.97. The summed E-state index contributed by atoms with van der Waals surface area (Å²) in [7, 11) is 0. The molecule has 0 heterocycles. The molecule has 0 radical (unpaired) electrons. The normalized spacial score (nSPS) is 8.62. The number of aromatic hydroxyl groups is 1. The Balaban J connectivity index is 0.000000671. The highest BCUT2D eigenvalue weighted by atomic mass is 19.1. The maximum atomic E-state index is 12.7. The molecule has 72 valence electrons. The van der Waals surface area contributed by atoms with Crippen molar-refractivity contribution in [3.8, 4) is 5.75 Å². The van der Waals surface area contributed by atoms with Crippen LogP contribution in [0.3, 0.4) is 0 Å². The molecule has 0 aromatic heterocycles. The minimum absolute atomic E-state index is 0.00259. The van der Waals surface area contributed by atoms with Gasteiger partial charge in [-0.3, -0.25) is 4.79 Å². The SMILES string of the molecule is CC.CC(=O)c1ccc(O)cc1F. The van der Waals surface area contributed by atoms with Crippen molar-refractivity contribution in [3.05, 3.63) is 29.6 Å². The maximum Gasteiger partial charge on any atom is 0.162 e. The third-order valence-corrected chi connectivity index (χ3v) is 1.33. The van der Waals surface area contributed by atoms with Gasteiger partial charge in [-0.05, 0) is 19.1 Å². The van der Waals surface area contributed by atoms with Crippen LogP contribution in [0.25, 0.3) is 0 Å². The molecule has 0 amide bonds. The number of phenolic OH excluding ortho intramolecular Hbond substituents is 1. The first-order chi connectivity index (χ1) is 6.11. The average molecular weight is 184 g/mol. The fourth-order valence-electron chi connectivity index (χ4n) is 0.790. The number of carbonyl (C=O) groups is 1. The van der Waals surface area contributed by atoms with E-state index < -0.39 is 5.82 Å². The van der Waals surface area contributed by atoms with E-state index in [-0.39, 0.29) is 17.1 Å². The third-order valence-electron chi connectivity index (χ3n) is 1.33. The third kappa shape index (κ3) is 3.23. The van der Waals surface area contributed by atoms with Gasteiger partial charge in [-0.25, -0.2) is 4.39 Å². The molecule has 0 aliphatic rings. The first kappa shape index (κ1) is 11.6. The largest absolute Gasteiger partial charge is 0.508 e. The van der Waals surface area contributed by atoms with E-state index in [1.54, 1.807) is 0 Å². The summed E-state index contributed by atoms with van der Waals surface area (Å²) < 4.78 is 12.7. The second kappa shape index (κ2) is 5.30. The summed E-state index contributed by atoms with van der Waals surface area (Å²) in [4.78, 5) is 10.7. The molecular formula is C10H13FO2. The van der Waals surface area contributed by atoms with Crippen LogP contribution in [0.15, 0.2) is 18.2 Å². The van der Waals surface area contributed by atoms with E-state index in [1.165, 1.54) is 19.1 Å². The van der Waals surface area contributed by atoms with Crippen molar-refractivity contribution in [2.75, 3.05) is 0 Å². The Labute approximate surface area is 77.0 Å². The molecule has 0 aliphatic heterocycles. The molecule has 0 saturated heterocycles. The predicted molar refractivity (Wildman–Crippen MR) is 49.4 cm³/mol. The number of hydrogen-bond acceptors (Lipinski definition) is 2. The van der Waals surface area contributed by atoms with Gasteiger partial charge in [0.1, 0.15) is 11.6 Å². The smallest absolute Gasteiger partial charge is 0.162 e. The van der Waals surface area contributed by atoms with Gasteiger partial charge in [0.15, 0.2) is 5.78 Å². The van der Waals surface area contributed by atoms with E-state index in [0.29, 0.717) is 0 Å². The van der Waals surface area contributed by atoms with E-state index in [9.17, 15) is 9.18 Å². The van der Waals surface area contributed by atoms with Gasteiger partial charge in [0, 0.05) is 6.07 Å². The van der Waals surface area contributed by atoms with E-state index >= 15 is 0 Å². The van der Waals surface area contributed by atoms with Gasteiger partial charge in [0.2, 0.25) is 0 Å². The Hall–Kier alpha value is -1.38. The van der Waals surface area contributed by atoms with Crippen LogP contribution in [0.2, 0.25) is 0 Å². The lowest BCUT2D eigenvalue weighted by molar-refractivity contribution is 0.101. The van der Waals surface area contributed by atoms with Crippen LogP contribution in [0.1, 0.15) is 31.1 Å². The molecule has 0 aliphatic carbocycles. The van der Waals surface area contributed by atoms with E-state index in [2.05, 4.69) is 0 Å². The Bertz CT molecular complexity index is 295. The summed E-state index contributed by atoms with van der Waals surface area (Å²) in [6.07, 6.45) is 0. The highest BCUT2D eigenvalue weighted by molar-refractivity contribution is 5.94. The van der Waals surface area contributed by atoms with Gasteiger partial charge in [-0.15, -0.1) is 0 Å². The molecule has 0 spiro atoms. The zero-order valence-electron chi connectivity index (χ0n) is 7.97. The average Bonchev–Trinajstić information content (AvgIpc) is 2.07. The number of rotatable bonds is 1. The molecule has 0 atom stereocenters. The van der Waals surface area contributed by atoms with Crippen molar-refractivity contribution in [1.29, 1.82) is 0 Å². The van der Waals surface area contributed by atoms with Crippen molar-refractivity contribution in [3.63, 3.8) is 0 Å². The van der Waals surface area contributed by atoms with Gasteiger partial charge in [-0.2, -0.15) is 0 Å². The number of hydrogen-bond donors (Lipinski definition) is 1. The maximum absolute atomic E-state index is 12.7. The van der Waals surface area contributed by atoms with E-state index in [0.717, 1.165) is 6.07 Å². The van der Waals surface area contributed by atoms with Gasteiger partial charge >= 0.3 is 0 Å². The summed E-state index contributed by atoms with van der Waals surface area (Å²) in [5, 5.41) is 8.77. The number of phenols is 1. The summed E-state index contributed by atoms with van der Waals surface area (Å²) in [5.41, 5.74) is 0.00259. The van der Waals surface area contributed by atoms with Crippen molar-refractivity contribution < 1.29 is 14.3 Å². The van der Waals surface area contributed by atoms with E-state index in [4.69, 9.17) is 5.11 Å². The quantitative estimate of drug-likeness (QED) is 0.681. The van der Waals surface area contributed by atoms with Crippen LogP contribution >= 0.6 is 0 Å². The molecule has 0 saturated carbocycles. The van der Waals surface area contributed by atoms with E-state index in [1.807, 2.05) is 13.8 Å². The molecule has 2 nitrogen and oxygen atoms in total. The molecule has 1 aromatic carbocycles. The van der Waals surface area contributed by atoms with Gasteiger partial charge < -0.3 is 5.11 Å². The first-order valence-corrected chi connectivity index (χ1v) is 4.10. The molecule has 1 rings (SSSR count). The predicted octanol–water partition coefficient (Wildman–Crippen LogP) is 2.76. The molecule has 3 heteroatoms. The summed E-state index contributed by atoms with van der Waals surface area (Å²) in [6, 6.07) is 3.45. The van der Waals surface area contributed by atoms with Crippen LogP contribution in [-0.2, 0) is 0 Å². The highest BCUT2D eigenvalue weighted by Crippen LogP contribution is 2.14. The second-order valence-corrected chi connectivity index (χ2v) is 2.22. The highest BCUT2D eigenvalue weighted by Gasteiger charge is 2.06. The molecular weight excluding hydrogens is 171 g/mol. The zero-order chi connectivity index (χ0) is 10.4. The van der Waals surface area contributed by atoms with Crippen LogP contribution in [0, 0.1) is 5.82 Å². The van der Waals surface area contributed by atoms with Crippen LogP contribution in [0.5, 0.6) is 5.75 Å². The lowest BCUT2D eigenvalue weighted by atomic mass is 10.1. The van der Waals surface area contributed by atoms with Gasteiger partial charge in [0.25, 0.3) is 0 Å². The number of benzene rings is 1. The summed E-state index contributed by atoms with van der Waals surface area (Å²) >= 11 is 0. The van der Waals surface area contributed by atoms with Crippen molar-refractivity contribution >= 4 is 5.78 Å². The first-order valence-electron chi connectivity index (χ1n) is 4.10. The van der Waals surface area contributed by atoms with Crippen molar-refractivity contribution in [1.82, 2.24) is 0 Å². The van der Waals surface area contributed by atoms with Gasteiger partial charge in [-0.1, -0.05) is 13.8 Å². The second-order valence-electron chi connectivity index (χ2n) is 2.22. The minimum Gasteiger partial charge on any atom is -0.508 e. The van der Waals surface area contributed by atoms with Crippen LogP contribution < -0.4 is 0 Å². The Morgan fingerprint density at radius 1 is 1.38 bits per heavy atom. The topological polar surface area (TPSA) is 37.3 Å². The van der Waals surface area contributed by atoms with Crippen molar-refractivity contribution in [2.24, 2.45) is 0 Å². The van der Waals surface area contributed by atoms with Crippen molar-refractivity contribution in [2.45, 2.75) is 20.8 Å². The van der Waals surface area contributed by atoms with Gasteiger partial charge in [0.05, 0.1) is 5.56 Å². The molecule has 13 heavy (non-hydrogen) atoms. The molecule has 0 unspecified atom stereocenters. The Morgan fingerprint density at radius 3 is 2.31 bits per heavy atom.